The molecule has 1 aromatic heterocycles. The Morgan fingerprint density at radius 3 is 2.80 bits per heavy atom. The highest BCUT2D eigenvalue weighted by atomic mass is 16.6. The highest BCUT2D eigenvalue weighted by Gasteiger charge is 2.32. The van der Waals surface area contributed by atoms with Gasteiger partial charge in [-0.2, -0.15) is 5.10 Å². The zero-order valence-electron chi connectivity index (χ0n) is 19.8. The van der Waals surface area contributed by atoms with Crippen LogP contribution >= 0.6 is 0 Å². The first-order valence-electron chi connectivity index (χ1n) is 11.3. The van der Waals surface area contributed by atoms with E-state index in [1.54, 1.807) is 45.0 Å². The summed E-state index contributed by atoms with van der Waals surface area (Å²) in [6.45, 7) is 5.23. The van der Waals surface area contributed by atoms with Crippen LogP contribution in [-0.2, 0) is 9.53 Å². The van der Waals surface area contributed by atoms with Gasteiger partial charge in [-0.15, -0.1) is 0 Å². The van der Waals surface area contributed by atoms with Crippen molar-refractivity contribution in [1.82, 2.24) is 16.1 Å². The number of allylic oxidation sites excluding steroid dienone is 2. The van der Waals surface area contributed by atoms with Gasteiger partial charge < -0.3 is 19.8 Å². The van der Waals surface area contributed by atoms with Crippen molar-refractivity contribution in [2.75, 3.05) is 0 Å². The van der Waals surface area contributed by atoms with E-state index in [4.69, 9.17) is 9.15 Å². The molecule has 0 saturated heterocycles. The fourth-order valence-corrected chi connectivity index (χ4v) is 3.94. The molecule has 0 bridgehead atoms. The fourth-order valence-electron chi connectivity index (χ4n) is 3.94. The molecule has 9 nitrogen and oxygen atoms in total. The topological polar surface area (TPSA) is 122 Å². The van der Waals surface area contributed by atoms with Gasteiger partial charge in [-0.25, -0.2) is 10.2 Å². The number of alkyl carbamates (subject to hydrolysis) is 1. The molecule has 1 aliphatic carbocycles. The van der Waals surface area contributed by atoms with Gasteiger partial charge in [-0.1, -0.05) is 36.4 Å². The lowest BCUT2D eigenvalue weighted by Gasteiger charge is -2.24. The molecule has 2 heterocycles. The van der Waals surface area contributed by atoms with Gasteiger partial charge in [0.25, 0.3) is 5.91 Å². The standard InChI is InChI=1S/C26H28N4O5/c1-26(2,3)35-25(33)29-21(12-16-13-27-20-10-6-4-8-18(16)20)24(32)30-28-14-17-15-34-22-11-7-5-9-19(22)23(17)31/h4-11,13-15,18,20-21,27H,12H2,1-3H3,(H,29,33)(H,30,32)/b28-14-/t18-,20+,21+/m0/s1. The third-order valence-electron chi connectivity index (χ3n) is 5.56. The van der Waals surface area contributed by atoms with E-state index >= 15 is 0 Å². The second kappa shape index (κ2) is 10.0. The van der Waals surface area contributed by atoms with Gasteiger partial charge in [0.15, 0.2) is 0 Å². The molecule has 2 amide bonds. The number of nitrogens with one attached hydrogen (secondary N) is 3. The van der Waals surface area contributed by atoms with Crippen molar-refractivity contribution >= 4 is 29.2 Å². The zero-order chi connectivity index (χ0) is 25.0. The number of benzene rings is 1. The predicted octanol–water partition coefficient (Wildman–Crippen LogP) is 3.12. The summed E-state index contributed by atoms with van der Waals surface area (Å²) < 4.78 is 10.8. The van der Waals surface area contributed by atoms with Crippen molar-refractivity contribution in [3.8, 4) is 0 Å². The summed E-state index contributed by atoms with van der Waals surface area (Å²) in [6.07, 6.45) is 11.9. The van der Waals surface area contributed by atoms with Crippen LogP contribution in [0, 0.1) is 5.92 Å². The maximum absolute atomic E-state index is 13.0. The van der Waals surface area contributed by atoms with E-state index in [0.29, 0.717) is 11.0 Å². The molecule has 182 valence electrons. The molecule has 0 spiro atoms. The van der Waals surface area contributed by atoms with Crippen molar-refractivity contribution in [3.63, 3.8) is 0 Å². The smallest absolute Gasteiger partial charge is 0.408 e. The summed E-state index contributed by atoms with van der Waals surface area (Å²) in [5.74, 6) is -0.460. The highest BCUT2D eigenvalue weighted by molar-refractivity contribution is 5.89. The number of carbonyl (C=O) groups is 2. The maximum Gasteiger partial charge on any atom is 0.408 e. The average molecular weight is 477 g/mol. The fraction of sp³-hybridized carbons (Fsp3) is 0.308. The van der Waals surface area contributed by atoms with Crippen molar-refractivity contribution < 1.29 is 18.7 Å². The molecule has 1 aromatic carbocycles. The second-order valence-electron chi connectivity index (χ2n) is 9.36. The molecule has 35 heavy (non-hydrogen) atoms. The lowest BCUT2D eigenvalue weighted by atomic mass is 9.88. The molecule has 4 rings (SSSR count). The summed E-state index contributed by atoms with van der Waals surface area (Å²) in [5, 5.41) is 10.3. The molecular formula is C26H28N4O5. The number of hydrazone groups is 1. The monoisotopic (exact) mass is 476 g/mol. The normalized spacial score (nSPS) is 19.7. The summed E-state index contributed by atoms with van der Waals surface area (Å²) >= 11 is 0. The van der Waals surface area contributed by atoms with Gasteiger partial charge >= 0.3 is 6.09 Å². The minimum atomic E-state index is -0.943. The highest BCUT2D eigenvalue weighted by Crippen LogP contribution is 2.29. The Labute approximate surface area is 202 Å². The van der Waals surface area contributed by atoms with E-state index < -0.39 is 23.6 Å². The number of amides is 2. The summed E-state index contributed by atoms with van der Waals surface area (Å²) in [5.41, 5.74) is 3.05. The number of para-hydroxylation sites is 1. The average Bonchev–Trinajstić information content (AvgIpc) is 3.22. The molecule has 0 radical (unpaired) electrons. The zero-order valence-corrected chi connectivity index (χ0v) is 19.8. The lowest BCUT2D eigenvalue weighted by Crippen LogP contribution is -2.47. The van der Waals surface area contributed by atoms with Crippen LogP contribution in [0.1, 0.15) is 32.8 Å². The maximum atomic E-state index is 13.0. The molecule has 3 atom stereocenters. The molecule has 2 aromatic rings. The first kappa shape index (κ1) is 24.0. The number of rotatable bonds is 6. The molecule has 9 heteroatoms. The number of ether oxygens (including phenoxy) is 1. The molecule has 3 N–H and O–H groups in total. The molecular weight excluding hydrogens is 448 g/mol. The van der Waals surface area contributed by atoms with Gasteiger partial charge in [0.05, 0.1) is 23.2 Å². The minimum absolute atomic E-state index is 0.0847. The van der Waals surface area contributed by atoms with Crippen LogP contribution in [0.2, 0.25) is 0 Å². The van der Waals surface area contributed by atoms with Crippen molar-refractivity contribution in [3.05, 3.63) is 82.4 Å². The van der Waals surface area contributed by atoms with E-state index in [1.165, 1.54) is 12.5 Å². The Balaban J connectivity index is 1.48. The van der Waals surface area contributed by atoms with Gasteiger partial charge in [-0.05, 0) is 44.7 Å². The molecule has 0 unspecified atom stereocenters. The van der Waals surface area contributed by atoms with Crippen LogP contribution in [0.25, 0.3) is 11.0 Å². The van der Waals surface area contributed by atoms with Gasteiger partial charge in [0, 0.05) is 12.3 Å². The van der Waals surface area contributed by atoms with Crippen molar-refractivity contribution in [1.29, 1.82) is 0 Å². The molecule has 1 aliphatic heterocycles. The van der Waals surface area contributed by atoms with E-state index in [-0.39, 0.29) is 29.4 Å². The first-order valence-corrected chi connectivity index (χ1v) is 11.3. The third-order valence-corrected chi connectivity index (χ3v) is 5.56. The third kappa shape index (κ3) is 5.87. The number of fused-ring (bicyclic) bond motifs is 2. The Hall–Kier alpha value is -4.14. The van der Waals surface area contributed by atoms with Crippen LogP contribution in [0.4, 0.5) is 4.79 Å². The van der Waals surface area contributed by atoms with Crippen LogP contribution in [0.5, 0.6) is 0 Å². The minimum Gasteiger partial charge on any atom is -0.463 e. The number of carbonyl (C=O) groups excluding carboxylic acids is 2. The Morgan fingerprint density at radius 1 is 1.23 bits per heavy atom. The Bertz CT molecular complexity index is 1300. The quantitative estimate of drug-likeness (QED) is 0.435. The second-order valence-corrected chi connectivity index (χ2v) is 9.36. The van der Waals surface area contributed by atoms with Crippen molar-refractivity contribution in [2.45, 2.75) is 44.9 Å². The Morgan fingerprint density at radius 2 is 2.00 bits per heavy atom. The van der Waals surface area contributed by atoms with Crippen LogP contribution in [-0.4, -0.2) is 35.9 Å². The number of nitrogens with zero attached hydrogens (tertiary/aromatic N) is 1. The van der Waals surface area contributed by atoms with Gasteiger partial charge in [0.2, 0.25) is 5.43 Å². The SMILES string of the molecule is CC(C)(C)OC(=O)N[C@H](CC1=CN[C@@H]2C=CC=C[C@@H]12)C(=O)N/N=C\c1coc2ccccc2c1=O. The van der Waals surface area contributed by atoms with E-state index in [9.17, 15) is 14.4 Å². The van der Waals surface area contributed by atoms with E-state index in [2.05, 4.69) is 27.2 Å². The number of hydrogen-bond donors (Lipinski definition) is 3. The first-order chi connectivity index (χ1) is 16.7. The summed E-state index contributed by atoms with van der Waals surface area (Å²) in [4.78, 5) is 38.0. The van der Waals surface area contributed by atoms with Crippen LogP contribution < -0.4 is 21.5 Å². The predicted molar refractivity (Wildman–Crippen MR) is 133 cm³/mol. The van der Waals surface area contributed by atoms with E-state index in [0.717, 1.165) is 5.57 Å². The van der Waals surface area contributed by atoms with Gasteiger partial charge in [-0.3, -0.25) is 9.59 Å². The Kier molecular flexibility index (Phi) is 6.86. The summed E-state index contributed by atoms with van der Waals surface area (Å²) in [7, 11) is 0. The van der Waals surface area contributed by atoms with E-state index in [1.807, 2.05) is 24.4 Å². The van der Waals surface area contributed by atoms with Gasteiger partial charge in [0.1, 0.15) is 23.5 Å². The lowest BCUT2D eigenvalue weighted by molar-refractivity contribution is -0.123. The summed E-state index contributed by atoms with van der Waals surface area (Å²) in [6, 6.07) is 6.04. The molecule has 0 saturated carbocycles. The van der Waals surface area contributed by atoms with Crippen LogP contribution in [0.3, 0.4) is 0 Å². The molecule has 0 fully saturated rings. The number of hydrogen-bond acceptors (Lipinski definition) is 7. The largest absolute Gasteiger partial charge is 0.463 e. The van der Waals surface area contributed by atoms with Crippen LogP contribution in [0.15, 0.2) is 80.9 Å². The van der Waals surface area contributed by atoms with Crippen molar-refractivity contribution in [2.24, 2.45) is 11.0 Å². The molecule has 2 aliphatic rings.